The first-order valence-corrected chi connectivity index (χ1v) is 10.3. The van der Waals surface area contributed by atoms with Gasteiger partial charge in [0.1, 0.15) is 5.52 Å². The Labute approximate surface area is 172 Å². The molecular formula is C25H28N2O2. The lowest BCUT2D eigenvalue weighted by atomic mass is 9.87. The molecule has 0 saturated carbocycles. The third kappa shape index (κ3) is 4.33. The van der Waals surface area contributed by atoms with Gasteiger partial charge in [0.2, 0.25) is 0 Å². The number of nitrogens with zero attached hydrogens (tertiary/aromatic N) is 2. The summed E-state index contributed by atoms with van der Waals surface area (Å²) in [5.41, 5.74) is 3.75. The lowest BCUT2D eigenvalue weighted by molar-refractivity contribution is 0.0736. The Balaban J connectivity index is 1.58. The van der Waals surface area contributed by atoms with Crippen LogP contribution in [0.15, 0.2) is 54.7 Å². The van der Waals surface area contributed by atoms with Gasteiger partial charge in [0.25, 0.3) is 0 Å². The molecule has 0 aliphatic carbocycles. The van der Waals surface area contributed by atoms with Gasteiger partial charge in [0, 0.05) is 18.1 Å². The van der Waals surface area contributed by atoms with Gasteiger partial charge in [0.15, 0.2) is 5.75 Å². The van der Waals surface area contributed by atoms with E-state index in [0.717, 1.165) is 30.5 Å². The van der Waals surface area contributed by atoms with Crippen molar-refractivity contribution in [3.8, 4) is 5.75 Å². The molecular weight excluding hydrogens is 360 g/mol. The third-order valence-electron chi connectivity index (χ3n) is 5.60. The molecule has 1 fully saturated rings. The Kier molecular flexibility index (Phi) is 5.37. The monoisotopic (exact) mass is 388 g/mol. The van der Waals surface area contributed by atoms with Crippen molar-refractivity contribution in [2.75, 3.05) is 13.1 Å². The maximum absolute atomic E-state index is 12.7. The van der Waals surface area contributed by atoms with E-state index in [1.54, 1.807) is 6.20 Å². The number of fused-ring (bicyclic) bond motifs is 1. The first kappa shape index (κ1) is 19.6. The van der Waals surface area contributed by atoms with Gasteiger partial charge >= 0.3 is 5.97 Å². The Morgan fingerprint density at radius 3 is 2.45 bits per heavy atom. The highest BCUT2D eigenvalue weighted by atomic mass is 16.5. The van der Waals surface area contributed by atoms with Gasteiger partial charge in [-0.05, 0) is 66.7 Å². The normalized spacial score (nSPS) is 15.0. The summed E-state index contributed by atoms with van der Waals surface area (Å²) in [6.45, 7) is 9.66. The van der Waals surface area contributed by atoms with E-state index in [1.807, 2.05) is 36.4 Å². The lowest BCUT2D eigenvalue weighted by Gasteiger charge is -2.19. The van der Waals surface area contributed by atoms with Crippen LogP contribution in [0.1, 0.15) is 55.1 Å². The fourth-order valence-electron chi connectivity index (χ4n) is 3.87. The molecule has 1 aliphatic rings. The van der Waals surface area contributed by atoms with Crippen LogP contribution in [0, 0.1) is 0 Å². The molecule has 0 N–H and O–H groups in total. The fourth-order valence-corrected chi connectivity index (χ4v) is 3.87. The third-order valence-corrected chi connectivity index (χ3v) is 5.60. The number of esters is 1. The molecule has 0 radical (unpaired) electrons. The summed E-state index contributed by atoms with van der Waals surface area (Å²) in [4.78, 5) is 19.7. The number of hydrogen-bond donors (Lipinski definition) is 0. The van der Waals surface area contributed by atoms with Crippen LogP contribution in [0.4, 0.5) is 0 Å². The molecule has 0 bridgehead atoms. The SMILES string of the molecule is CC(C)(C)c1ccc(C(=O)Oc2ccc(CN3CCCC3)c3cccnc23)cc1. The highest BCUT2D eigenvalue weighted by Crippen LogP contribution is 2.29. The molecule has 2 heterocycles. The Morgan fingerprint density at radius 2 is 1.76 bits per heavy atom. The molecule has 4 rings (SSSR count). The number of rotatable bonds is 4. The molecule has 1 aromatic heterocycles. The molecule has 1 aliphatic heterocycles. The van der Waals surface area contributed by atoms with E-state index >= 15 is 0 Å². The molecule has 150 valence electrons. The van der Waals surface area contributed by atoms with E-state index in [-0.39, 0.29) is 11.4 Å². The summed E-state index contributed by atoms with van der Waals surface area (Å²) >= 11 is 0. The average Bonchev–Trinajstić information content (AvgIpc) is 3.22. The molecule has 29 heavy (non-hydrogen) atoms. The number of likely N-dealkylation sites (tertiary alicyclic amines) is 1. The van der Waals surface area contributed by atoms with E-state index < -0.39 is 0 Å². The van der Waals surface area contributed by atoms with Gasteiger partial charge < -0.3 is 4.74 Å². The van der Waals surface area contributed by atoms with Crippen LogP contribution in [0.2, 0.25) is 0 Å². The van der Waals surface area contributed by atoms with Gasteiger partial charge in [-0.1, -0.05) is 45.0 Å². The van der Waals surface area contributed by atoms with Crippen molar-refractivity contribution in [1.29, 1.82) is 0 Å². The minimum absolute atomic E-state index is 0.0493. The smallest absolute Gasteiger partial charge is 0.343 e. The second-order valence-electron chi connectivity index (χ2n) is 8.82. The molecule has 3 aromatic rings. The first-order chi connectivity index (χ1) is 13.9. The summed E-state index contributed by atoms with van der Waals surface area (Å²) in [6, 6.07) is 15.6. The fraction of sp³-hybridized carbons (Fsp3) is 0.360. The molecule has 4 nitrogen and oxygen atoms in total. The second kappa shape index (κ2) is 7.96. The second-order valence-corrected chi connectivity index (χ2v) is 8.82. The largest absolute Gasteiger partial charge is 0.421 e. The summed E-state index contributed by atoms with van der Waals surface area (Å²) in [5, 5.41) is 1.05. The molecule has 4 heteroatoms. The average molecular weight is 389 g/mol. The lowest BCUT2D eigenvalue weighted by Crippen LogP contribution is -2.18. The van der Waals surface area contributed by atoms with E-state index in [9.17, 15) is 4.79 Å². The van der Waals surface area contributed by atoms with Gasteiger partial charge in [-0.3, -0.25) is 9.88 Å². The molecule has 0 unspecified atom stereocenters. The predicted octanol–water partition coefficient (Wildman–Crippen LogP) is 5.35. The molecule has 1 saturated heterocycles. The number of ether oxygens (including phenoxy) is 1. The van der Waals surface area contributed by atoms with Crippen molar-refractivity contribution in [2.24, 2.45) is 0 Å². The highest BCUT2D eigenvalue weighted by molar-refractivity contribution is 5.95. The zero-order valence-corrected chi connectivity index (χ0v) is 17.4. The summed E-state index contributed by atoms with van der Waals surface area (Å²) in [6.07, 6.45) is 4.27. The Hall–Kier alpha value is -2.72. The van der Waals surface area contributed by atoms with Crippen LogP contribution < -0.4 is 4.74 Å². The van der Waals surface area contributed by atoms with Gasteiger partial charge in [-0.25, -0.2) is 4.79 Å². The maximum Gasteiger partial charge on any atom is 0.343 e. The highest BCUT2D eigenvalue weighted by Gasteiger charge is 2.18. The predicted molar refractivity (Wildman–Crippen MR) is 116 cm³/mol. The number of hydrogen-bond acceptors (Lipinski definition) is 4. The van der Waals surface area contributed by atoms with Crippen LogP contribution in [0.25, 0.3) is 10.9 Å². The number of carbonyl (C=O) groups excluding carboxylic acids is 1. The number of benzene rings is 2. The maximum atomic E-state index is 12.7. The van der Waals surface area contributed by atoms with Crippen molar-refractivity contribution < 1.29 is 9.53 Å². The van der Waals surface area contributed by atoms with E-state index in [0.29, 0.717) is 11.3 Å². The summed E-state index contributed by atoms with van der Waals surface area (Å²) in [5.74, 6) is 0.153. The van der Waals surface area contributed by atoms with Gasteiger partial charge in [-0.15, -0.1) is 0 Å². The van der Waals surface area contributed by atoms with Crippen molar-refractivity contribution >= 4 is 16.9 Å². The molecule has 0 amide bonds. The van der Waals surface area contributed by atoms with Gasteiger partial charge in [-0.2, -0.15) is 0 Å². The Morgan fingerprint density at radius 1 is 1.03 bits per heavy atom. The topological polar surface area (TPSA) is 42.4 Å². The van der Waals surface area contributed by atoms with Crippen LogP contribution in [-0.4, -0.2) is 28.9 Å². The number of carbonyl (C=O) groups is 1. The van der Waals surface area contributed by atoms with Crippen molar-refractivity contribution in [1.82, 2.24) is 9.88 Å². The zero-order chi connectivity index (χ0) is 20.4. The van der Waals surface area contributed by atoms with Crippen molar-refractivity contribution in [2.45, 2.75) is 45.6 Å². The minimum atomic E-state index is -0.357. The molecule has 0 atom stereocenters. The van der Waals surface area contributed by atoms with Gasteiger partial charge in [0.05, 0.1) is 5.56 Å². The Bertz CT molecular complexity index is 1010. The minimum Gasteiger partial charge on any atom is -0.421 e. The van der Waals surface area contributed by atoms with Crippen LogP contribution in [0.5, 0.6) is 5.75 Å². The number of pyridine rings is 1. The van der Waals surface area contributed by atoms with Crippen molar-refractivity contribution in [3.63, 3.8) is 0 Å². The first-order valence-electron chi connectivity index (χ1n) is 10.3. The van der Waals surface area contributed by atoms with Crippen LogP contribution >= 0.6 is 0 Å². The molecule has 2 aromatic carbocycles. The summed E-state index contributed by atoms with van der Waals surface area (Å²) in [7, 11) is 0. The summed E-state index contributed by atoms with van der Waals surface area (Å²) < 4.78 is 5.75. The van der Waals surface area contributed by atoms with Crippen LogP contribution in [-0.2, 0) is 12.0 Å². The quantitative estimate of drug-likeness (QED) is 0.446. The number of aromatic nitrogens is 1. The molecule has 0 spiro atoms. The van der Waals surface area contributed by atoms with Crippen LogP contribution in [0.3, 0.4) is 0 Å². The standard InChI is InChI=1S/C25H28N2O2/c1-25(2,3)20-11-8-18(9-12-20)24(28)29-22-13-10-19(17-27-15-4-5-16-27)21-7-6-14-26-23(21)22/h6-14H,4-5,15-17H2,1-3H3. The van der Waals surface area contributed by atoms with E-state index in [2.05, 4.69) is 42.8 Å². The van der Waals surface area contributed by atoms with E-state index in [4.69, 9.17) is 4.74 Å². The zero-order valence-electron chi connectivity index (χ0n) is 17.4. The van der Waals surface area contributed by atoms with E-state index in [1.165, 1.54) is 24.0 Å². The van der Waals surface area contributed by atoms with Crippen molar-refractivity contribution in [3.05, 3.63) is 71.4 Å².